The Kier molecular flexibility index (Phi) is 2.03. The summed E-state index contributed by atoms with van der Waals surface area (Å²) >= 11 is 0. The predicted molar refractivity (Wildman–Crippen MR) is 57.7 cm³/mol. The Morgan fingerprint density at radius 2 is 2.12 bits per heavy atom. The highest BCUT2D eigenvalue weighted by molar-refractivity contribution is 6.01. The summed E-state index contributed by atoms with van der Waals surface area (Å²) in [6.45, 7) is 0. The van der Waals surface area contributed by atoms with Crippen molar-refractivity contribution >= 4 is 11.8 Å². The van der Waals surface area contributed by atoms with Crippen molar-refractivity contribution in [2.45, 2.75) is 19.3 Å². The molecule has 84 valence electrons. The van der Waals surface area contributed by atoms with E-state index in [0.717, 1.165) is 12.0 Å². The number of carboxylic acid groups (broad SMARTS) is 1. The molecule has 4 atom stereocenters. The summed E-state index contributed by atoms with van der Waals surface area (Å²) in [5.41, 5.74) is 0.760. The van der Waals surface area contributed by atoms with Gasteiger partial charge in [0.2, 0.25) is 0 Å². The number of hydrogen-bond acceptors (Lipinski definition) is 2. The molecule has 3 aliphatic carbocycles. The lowest BCUT2D eigenvalue weighted by atomic mass is 9.85. The zero-order valence-electron chi connectivity index (χ0n) is 8.93. The molecular formula is C13H14O3. The van der Waals surface area contributed by atoms with Crippen molar-refractivity contribution in [3.05, 3.63) is 23.8 Å². The molecule has 0 unspecified atom stereocenters. The lowest BCUT2D eigenvalue weighted by molar-refractivity contribution is -0.136. The molecule has 2 bridgehead atoms. The van der Waals surface area contributed by atoms with Gasteiger partial charge in [0, 0.05) is 12.3 Å². The standard InChI is InChI=1S/C13H14O3/c14-11(15)4-3-9-6-10-7-1-2-8(5-7)12(10)13(9)16/h1-2,6-8,10,12H,3-5H2,(H,14,15)/t7-,8+,10+,12-/m0/s1. The van der Waals surface area contributed by atoms with Gasteiger partial charge in [-0.1, -0.05) is 18.2 Å². The number of hydrogen-bond donors (Lipinski definition) is 1. The monoisotopic (exact) mass is 218 g/mol. The molecule has 3 rings (SSSR count). The first kappa shape index (κ1) is 9.82. The molecule has 0 spiro atoms. The largest absolute Gasteiger partial charge is 0.481 e. The van der Waals surface area contributed by atoms with Gasteiger partial charge >= 0.3 is 5.97 Å². The van der Waals surface area contributed by atoms with Crippen LogP contribution < -0.4 is 0 Å². The molecule has 0 radical (unpaired) electrons. The fourth-order valence-electron chi connectivity index (χ4n) is 3.43. The van der Waals surface area contributed by atoms with Crippen molar-refractivity contribution in [2.24, 2.45) is 23.7 Å². The number of carboxylic acids is 1. The number of carbonyl (C=O) groups excluding carboxylic acids is 1. The molecule has 0 aromatic heterocycles. The van der Waals surface area contributed by atoms with Gasteiger partial charge in [0.1, 0.15) is 0 Å². The molecule has 1 N–H and O–H groups in total. The minimum absolute atomic E-state index is 0.0692. The molecule has 0 aromatic rings. The average Bonchev–Trinajstić information content (AvgIpc) is 2.88. The SMILES string of the molecule is O=C(O)CCC1=C[C@H]2[C@@H](C1=O)[C@@H]1C=C[C@H]2C1. The maximum Gasteiger partial charge on any atom is 0.303 e. The van der Waals surface area contributed by atoms with E-state index in [2.05, 4.69) is 12.2 Å². The highest BCUT2D eigenvalue weighted by atomic mass is 16.4. The Labute approximate surface area is 93.8 Å². The second-order valence-corrected chi connectivity index (χ2v) is 5.00. The fourth-order valence-corrected chi connectivity index (χ4v) is 3.43. The first-order valence-corrected chi connectivity index (χ1v) is 5.82. The first-order valence-electron chi connectivity index (χ1n) is 5.82. The summed E-state index contributed by atoms with van der Waals surface area (Å²) in [6, 6.07) is 0. The quantitative estimate of drug-likeness (QED) is 0.735. The summed E-state index contributed by atoms with van der Waals surface area (Å²) in [4.78, 5) is 22.6. The van der Waals surface area contributed by atoms with Gasteiger partial charge in [-0.3, -0.25) is 9.59 Å². The van der Waals surface area contributed by atoms with E-state index >= 15 is 0 Å². The van der Waals surface area contributed by atoms with Gasteiger partial charge in [0.05, 0.1) is 0 Å². The molecular weight excluding hydrogens is 204 g/mol. The van der Waals surface area contributed by atoms with Crippen molar-refractivity contribution in [1.82, 2.24) is 0 Å². The van der Waals surface area contributed by atoms with Crippen LogP contribution in [-0.4, -0.2) is 16.9 Å². The molecule has 3 aliphatic rings. The minimum atomic E-state index is -0.827. The van der Waals surface area contributed by atoms with Crippen LogP contribution in [0, 0.1) is 23.7 Å². The van der Waals surface area contributed by atoms with Crippen LogP contribution >= 0.6 is 0 Å². The smallest absolute Gasteiger partial charge is 0.303 e. The van der Waals surface area contributed by atoms with E-state index in [4.69, 9.17) is 5.11 Å². The zero-order chi connectivity index (χ0) is 11.3. The van der Waals surface area contributed by atoms with Crippen LogP contribution in [0.15, 0.2) is 23.8 Å². The summed E-state index contributed by atoms with van der Waals surface area (Å²) in [5.74, 6) is 0.836. The highest BCUT2D eigenvalue weighted by Crippen LogP contribution is 2.53. The van der Waals surface area contributed by atoms with E-state index in [1.807, 2.05) is 6.08 Å². The topological polar surface area (TPSA) is 54.4 Å². The number of aliphatic carboxylic acids is 1. The number of ketones is 1. The van der Waals surface area contributed by atoms with Gasteiger partial charge in [-0.05, 0) is 36.2 Å². The van der Waals surface area contributed by atoms with Gasteiger partial charge in [0.15, 0.2) is 5.78 Å². The molecule has 0 aliphatic heterocycles. The van der Waals surface area contributed by atoms with Crippen LogP contribution in [0.1, 0.15) is 19.3 Å². The molecule has 3 heteroatoms. The highest BCUT2D eigenvalue weighted by Gasteiger charge is 2.50. The summed E-state index contributed by atoms with van der Waals surface area (Å²) in [5, 5.41) is 8.63. The molecule has 1 saturated carbocycles. The summed E-state index contributed by atoms with van der Waals surface area (Å²) in [6.07, 6.45) is 8.02. The normalized spacial score (nSPS) is 39.0. The second-order valence-electron chi connectivity index (χ2n) is 5.00. The van der Waals surface area contributed by atoms with E-state index in [1.54, 1.807) is 0 Å². The maximum absolute atomic E-state index is 12.1. The number of Topliss-reactive ketones (excluding diaryl/α,β-unsaturated/α-hetero) is 1. The number of rotatable bonds is 3. The van der Waals surface area contributed by atoms with E-state index in [0.29, 0.717) is 24.2 Å². The van der Waals surface area contributed by atoms with Crippen molar-refractivity contribution in [2.75, 3.05) is 0 Å². The first-order chi connectivity index (χ1) is 7.66. The molecule has 3 nitrogen and oxygen atoms in total. The minimum Gasteiger partial charge on any atom is -0.481 e. The Hall–Kier alpha value is -1.38. The third-order valence-electron chi connectivity index (χ3n) is 4.14. The zero-order valence-corrected chi connectivity index (χ0v) is 8.93. The summed E-state index contributed by atoms with van der Waals surface area (Å²) < 4.78 is 0. The number of fused-ring (bicyclic) bond motifs is 5. The Morgan fingerprint density at radius 3 is 2.81 bits per heavy atom. The molecule has 0 saturated heterocycles. The van der Waals surface area contributed by atoms with Crippen LogP contribution in [0.25, 0.3) is 0 Å². The average molecular weight is 218 g/mol. The van der Waals surface area contributed by atoms with Crippen molar-refractivity contribution in [3.8, 4) is 0 Å². The third-order valence-corrected chi connectivity index (χ3v) is 4.14. The van der Waals surface area contributed by atoms with Gasteiger partial charge in [-0.15, -0.1) is 0 Å². The van der Waals surface area contributed by atoms with E-state index in [1.165, 1.54) is 0 Å². The molecule has 0 heterocycles. The van der Waals surface area contributed by atoms with Crippen molar-refractivity contribution < 1.29 is 14.7 Å². The van der Waals surface area contributed by atoms with E-state index < -0.39 is 5.97 Å². The van der Waals surface area contributed by atoms with Crippen LogP contribution in [0.4, 0.5) is 0 Å². The summed E-state index contributed by atoms with van der Waals surface area (Å²) in [7, 11) is 0. The van der Waals surface area contributed by atoms with Gasteiger partial charge in [-0.25, -0.2) is 0 Å². The van der Waals surface area contributed by atoms with Crippen molar-refractivity contribution in [3.63, 3.8) is 0 Å². The molecule has 0 aromatic carbocycles. The van der Waals surface area contributed by atoms with Crippen LogP contribution in [0.3, 0.4) is 0 Å². The van der Waals surface area contributed by atoms with Crippen LogP contribution in [-0.2, 0) is 9.59 Å². The molecule has 16 heavy (non-hydrogen) atoms. The second kappa shape index (κ2) is 3.30. The maximum atomic E-state index is 12.1. The lowest BCUT2D eigenvalue weighted by Crippen LogP contribution is -2.21. The number of carbonyl (C=O) groups is 2. The number of allylic oxidation sites excluding steroid dienone is 4. The van der Waals surface area contributed by atoms with Gasteiger partial charge in [-0.2, -0.15) is 0 Å². The predicted octanol–water partition coefficient (Wildman–Crippen LogP) is 1.80. The Balaban J connectivity index is 1.77. The van der Waals surface area contributed by atoms with Crippen molar-refractivity contribution in [1.29, 1.82) is 0 Å². The van der Waals surface area contributed by atoms with Crippen LogP contribution in [0.2, 0.25) is 0 Å². The molecule has 1 fully saturated rings. The molecule has 0 amide bonds. The van der Waals surface area contributed by atoms with E-state index in [9.17, 15) is 9.59 Å². The lowest BCUT2D eigenvalue weighted by Gasteiger charge is -2.17. The van der Waals surface area contributed by atoms with Gasteiger partial charge < -0.3 is 5.11 Å². The van der Waals surface area contributed by atoms with E-state index in [-0.39, 0.29) is 18.1 Å². The Morgan fingerprint density at radius 1 is 1.38 bits per heavy atom. The Bertz CT molecular complexity index is 419. The fraction of sp³-hybridized carbons (Fsp3) is 0.538. The van der Waals surface area contributed by atoms with Gasteiger partial charge in [0.25, 0.3) is 0 Å². The van der Waals surface area contributed by atoms with Crippen LogP contribution in [0.5, 0.6) is 0 Å². The third kappa shape index (κ3) is 1.27.